The van der Waals surface area contributed by atoms with Crippen LogP contribution >= 0.6 is 23.4 Å². The Labute approximate surface area is 155 Å². The molecule has 0 saturated heterocycles. The first-order chi connectivity index (χ1) is 12.1. The van der Waals surface area contributed by atoms with Gasteiger partial charge in [-0.15, -0.1) is 11.8 Å². The number of nitrogens with zero attached hydrogens (tertiary/aromatic N) is 4. The molecule has 0 radical (unpaired) electrons. The van der Waals surface area contributed by atoms with Crippen molar-refractivity contribution >= 4 is 35.0 Å². The Hall–Kier alpha value is -2.31. The van der Waals surface area contributed by atoms with Crippen LogP contribution in [-0.2, 0) is 12.8 Å². The molecular weight excluding hydrogens is 356 g/mol. The van der Waals surface area contributed by atoms with E-state index in [1.165, 1.54) is 0 Å². The van der Waals surface area contributed by atoms with Gasteiger partial charge in [0.25, 0.3) is 5.91 Å². The number of carbonyl (C=O) groups is 1. The van der Waals surface area contributed by atoms with E-state index >= 15 is 0 Å². The van der Waals surface area contributed by atoms with Crippen LogP contribution in [0, 0.1) is 0 Å². The number of amides is 1. The summed E-state index contributed by atoms with van der Waals surface area (Å²) in [5.74, 6) is 1.31. The molecule has 0 aliphatic rings. The van der Waals surface area contributed by atoms with Gasteiger partial charge in [0, 0.05) is 25.2 Å². The van der Waals surface area contributed by atoms with Gasteiger partial charge in [0.1, 0.15) is 11.5 Å². The van der Waals surface area contributed by atoms with Crippen molar-refractivity contribution in [3.63, 3.8) is 0 Å². The smallest absolute Gasteiger partial charge is 0.276 e. The molecule has 2 aromatic heterocycles. The van der Waals surface area contributed by atoms with Gasteiger partial charge in [0.2, 0.25) is 0 Å². The molecule has 0 unspecified atom stereocenters. The van der Waals surface area contributed by atoms with E-state index in [1.54, 1.807) is 48.4 Å². The lowest BCUT2D eigenvalue weighted by Gasteiger charge is -2.17. The summed E-state index contributed by atoms with van der Waals surface area (Å²) in [6.07, 6.45) is 4.94. The summed E-state index contributed by atoms with van der Waals surface area (Å²) in [5, 5.41) is 0.717. The van der Waals surface area contributed by atoms with Crippen molar-refractivity contribution in [2.75, 3.05) is 11.9 Å². The third-order valence-corrected chi connectivity index (χ3v) is 5.35. The molecule has 0 saturated carbocycles. The topological polar surface area (TPSA) is 51.0 Å². The first kappa shape index (κ1) is 17.5. The molecule has 3 aromatic rings. The Kier molecular flexibility index (Phi) is 5.40. The number of hydrogen-bond acceptors (Lipinski definition) is 4. The largest absolute Gasteiger partial charge is 0.326 e. The lowest BCUT2D eigenvalue weighted by Crippen LogP contribution is -2.28. The van der Waals surface area contributed by atoms with Crippen molar-refractivity contribution in [2.45, 2.75) is 10.6 Å². The standard InChI is InChI=1S/C18H17ClN4OS/c1-22(13-6-5-9-20-10-13)18(24)15-11-21-17(23(15)2)12-25-16-8-4-3-7-14(16)19/h3-11H,12H2,1-2H3. The number of halogens is 1. The van der Waals surface area contributed by atoms with Gasteiger partial charge in [-0.05, 0) is 24.3 Å². The number of aromatic nitrogens is 3. The molecule has 0 spiro atoms. The highest BCUT2D eigenvalue weighted by Gasteiger charge is 2.19. The SMILES string of the molecule is CN(C(=O)c1cnc(CSc2ccccc2Cl)n1C)c1cccnc1. The van der Waals surface area contributed by atoms with E-state index in [0.717, 1.165) is 16.4 Å². The molecule has 2 heterocycles. The van der Waals surface area contributed by atoms with Crippen LogP contribution in [0.15, 0.2) is 59.9 Å². The molecule has 0 fully saturated rings. The minimum Gasteiger partial charge on any atom is -0.326 e. The number of carbonyl (C=O) groups excluding carboxylic acids is 1. The third-order valence-electron chi connectivity index (χ3n) is 3.83. The molecule has 1 aromatic carbocycles. The average Bonchev–Trinajstić information content (AvgIpc) is 3.01. The molecule has 3 rings (SSSR count). The summed E-state index contributed by atoms with van der Waals surface area (Å²) in [5.41, 5.74) is 1.27. The number of anilines is 1. The molecule has 0 N–H and O–H groups in total. The summed E-state index contributed by atoms with van der Waals surface area (Å²) in [4.78, 5) is 23.7. The monoisotopic (exact) mass is 372 g/mol. The Morgan fingerprint density at radius 2 is 2.04 bits per heavy atom. The predicted octanol–water partition coefficient (Wildman–Crippen LogP) is 4.04. The zero-order chi connectivity index (χ0) is 17.8. The molecule has 0 bridgehead atoms. The number of pyridine rings is 1. The second kappa shape index (κ2) is 7.72. The summed E-state index contributed by atoms with van der Waals surface area (Å²) < 4.78 is 1.82. The number of hydrogen-bond donors (Lipinski definition) is 0. The minimum absolute atomic E-state index is 0.128. The summed E-state index contributed by atoms with van der Waals surface area (Å²) >= 11 is 7.77. The fraction of sp³-hybridized carbons (Fsp3) is 0.167. The maximum atomic E-state index is 12.7. The van der Waals surface area contributed by atoms with Gasteiger partial charge in [-0.25, -0.2) is 4.98 Å². The Bertz CT molecular complexity index is 882. The van der Waals surface area contributed by atoms with E-state index < -0.39 is 0 Å². The number of thioether (sulfide) groups is 1. The van der Waals surface area contributed by atoms with Crippen LogP contribution in [0.1, 0.15) is 16.3 Å². The van der Waals surface area contributed by atoms with Gasteiger partial charge in [0.05, 0.1) is 28.9 Å². The highest BCUT2D eigenvalue weighted by Crippen LogP contribution is 2.29. The zero-order valence-electron chi connectivity index (χ0n) is 13.9. The van der Waals surface area contributed by atoms with Gasteiger partial charge < -0.3 is 9.47 Å². The Morgan fingerprint density at radius 1 is 1.24 bits per heavy atom. The molecule has 1 amide bonds. The van der Waals surface area contributed by atoms with Crippen molar-refractivity contribution in [2.24, 2.45) is 7.05 Å². The summed E-state index contributed by atoms with van der Waals surface area (Å²) in [6, 6.07) is 11.3. The Balaban J connectivity index is 1.75. The molecule has 0 aliphatic carbocycles. The first-order valence-electron chi connectivity index (χ1n) is 7.64. The quantitative estimate of drug-likeness (QED) is 0.634. The predicted molar refractivity (Wildman–Crippen MR) is 101 cm³/mol. The summed E-state index contributed by atoms with van der Waals surface area (Å²) in [6.45, 7) is 0. The van der Waals surface area contributed by atoms with Crippen LogP contribution < -0.4 is 4.90 Å². The lowest BCUT2D eigenvalue weighted by atomic mass is 10.3. The fourth-order valence-corrected chi connectivity index (χ4v) is 3.56. The van der Waals surface area contributed by atoms with E-state index in [2.05, 4.69) is 9.97 Å². The van der Waals surface area contributed by atoms with Gasteiger partial charge in [-0.2, -0.15) is 0 Å². The molecule has 25 heavy (non-hydrogen) atoms. The van der Waals surface area contributed by atoms with E-state index in [4.69, 9.17) is 11.6 Å². The van der Waals surface area contributed by atoms with Crippen molar-refractivity contribution in [1.82, 2.24) is 14.5 Å². The normalized spacial score (nSPS) is 10.7. The second-order valence-electron chi connectivity index (χ2n) is 5.41. The van der Waals surface area contributed by atoms with Crippen molar-refractivity contribution in [1.29, 1.82) is 0 Å². The first-order valence-corrected chi connectivity index (χ1v) is 9.00. The molecular formula is C18H17ClN4OS. The lowest BCUT2D eigenvalue weighted by molar-refractivity contribution is 0.0985. The van der Waals surface area contributed by atoms with Gasteiger partial charge in [-0.3, -0.25) is 9.78 Å². The van der Waals surface area contributed by atoms with Crippen LogP contribution in [-0.4, -0.2) is 27.5 Å². The van der Waals surface area contributed by atoms with Gasteiger partial charge in [-0.1, -0.05) is 23.7 Å². The zero-order valence-corrected chi connectivity index (χ0v) is 15.5. The van der Waals surface area contributed by atoms with Crippen molar-refractivity contribution in [3.8, 4) is 0 Å². The number of rotatable bonds is 5. The third kappa shape index (κ3) is 3.86. The Morgan fingerprint density at radius 3 is 2.76 bits per heavy atom. The fourth-order valence-electron chi connectivity index (χ4n) is 2.33. The highest BCUT2D eigenvalue weighted by molar-refractivity contribution is 7.98. The van der Waals surface area contributed by atoms with E-state index in [0.29, 0.717) is 16.5 Å². The molecule has 5 nitrogen and oxygen atoms in total. The van der Waals surface area contributed by atoms with Crippen molar-refractivity contribution in [3.05, 3.63) is 71.5 Å². The van der Waals surface area contributed by atoms with E-state index in [9.17, 15) is 4.79 Å². The van der Waals surface area contributed by atoms with Crippen LogP contribution in [0.25, 0.3) is 0 Å². The van der Waals surface area contributed by atoms with Crippen LogP contribution in [0.3, 0.4) is 0 Å². The van der Waals surface area contributed by atoms with Crippen LogP contribution in [0.2, 0.25) is 5.02 Å². The molecule has 7 heteroatoms. The second-order valence-corrected chi connectivity index (χ2v) is 6.84. The summed E-state index contributed by atoms with van der Waals surface area (Å²) in [7, 11) is 3.57. The molecule has 128 valence electrons. The van der Waals surface area contributed by atoms with E-state index in [-0.39, 0.29) is 5.91 Å². The average molecular weight is 373 g/mol. The van der Waals surface area contributed by atoms with Crippen LogP contribution in [0.5, 0.6) is 0 Å². The number of benzene rings is 1. The maximum Gasteiger partial charge on any atom is 0.276 e. The van der Waals surface area contributed by atoms with Crippen LogP contribution in [0.4, 0.5) is 5.69 Å². The maximum absolute atomic E-state index is 12.7. The van der Waals surface area contributed by atoms with E-state index in [1.807, 2.05) is 41.9 Å². The number of imidazole rings is 1. The molecule has 0 aliphatic heterocycles. The molecule has 0 atom stereocenters. The van der Waals surface area contributed by atoms with Gasteiger partial charge >= 0.3 is 0 Å². The minimum atomic E-state index is -0.128. The van der Waals surface area contributed by atoms with Gasteiger partial charge in [0.15, 0.2) is 0 Å². The van der Waals surface area contributed by atoms with Crippen molar-refractivity contribution < 1.29 is 4.79 Å². The highest BCUT2D eigenvalue weighted by atomic mass is 35.5.